The number of carbonyl (C=O) groups is 3. The minimum atomic E-state index is -1.34. The van der Waals surface area contributed by atoms with Crippen LogP contribution < -0.4 is 4.74 Å². The number of aliphatic hydroxyl groups is 1. The van der Waals surface area contributed by atoms with Crippen molar-refractivity contribution >= 4 is 17.9 Å². The summed E-state index contributed by atoms with van der Waals surface area (Å²) in [4.78, 5) is 34.7. The number of carbonyl (C=O) groups excluding carboxylic acids is 1. The summed E-state index contributed by atoms with van der Waals surface area (Å²) in [5.41, 5.74) is 0.00246. The van der Waals surface area contributed by atoms with E-state index in [0.29, 0.717) is 0 Å². The van der Waals surface area contributed by atoms with Crippen molar-refractivity contribution in [1.82, 2.24) is 0 Å². The van der Waals surface area contributed by atoms with Crippen molar-refractivity contribution in [2.75, 3.05) is 6.61 Å². The molecule has 0 radical (unpaired) electrons. The van der Waals surface area contributed by atoms with E-state index >= 15 is 0 Å². The summed E-state index contributed by atoms with van der Waals surface area (Å²) in [5.74, 6) is -3.84. The van der Waals surface area contributed by atoms with Crippen LogP contribution in [0.5, 0.6) is 5.75 Å². The maximum atomic E-state index is 11.7. The van der Waals surface area contributed by atoms with Gasteiger partial charge in [-0.3, -0.25) is 0 Å². The molecule has 0 amide bonds. The Balaban J connectivity index is 3.70. The number of carboxylic acid groups (broad SMARTS) is 2. The molecular formula is C16H18O7. The predicted molar refractivity (Wildman–Crippen MR) is 81.0 cm³/mol. The molecule has 0 saturated heterocycles. The highest BCUT2D eigenvalue weighted by molar-refractivity contribution is 5.99. The lowest BCUT2D eigenvalue weighted by atomic mass is 9.91. The van der Waals surface area contributed by atoms with E-state index in [4.69, 9.17) is 9.84 Å². The number of carboxylic acids is 2. The number of benzene rings is 1. The number of ether oxygens (including phenoxy) is 1. The van der Waals surface area contributed by atoms with Gasteiger partial charge in [-0.2, -0.15) is 0 Å². The Bertz CT molecular complexity index is 673. The van der Waals surface area contributed by atoms with Gasteiger partial charge in [0.2, 0.25) is 0 Å². The average Bonchev–Trinajstić information content (AvgIpc) is 2.46. The molecule has 0 heterocycles. The summed E-state index contributed by atoms with van der Waals surface area (Å²) in [5, 5.41) is 27.9. The standard InChI is InChI=1S/C16H18O7/c1-4-9-10(5-6-17)11(14(18)19)7-12(13(9)15(20)21)23-16(22)8(2)3/h7,17H,2,4-6H2,1,3H3,(H,18,19)(H,20,21). The Morgan fingerprint density at radius 2 is 1.78 bits per heavy atom. The van der Waals surface area contributed by atoms with Crippen molar-refractivity contribution in [2.24, 2.45) is 0 Å². The molecule has 1 aromatic rings. The molecule has 23 heavy (non-hydrogen) atoms. The lowest BCUT2D eigenvalue weighted by Gasteiger charge is -2.17. The van der Waals surface area contributed by atoms with Crippen molar-refractivity contribution in [3.05, 3.63) is 40.5 Å². The first-order valence-corrected chi connectivity index (χ1v) is 6.88. The molecule has 124 valence electrons. The van der Waals surface area contributed by atoms with Crippen LogP contribution in [0.3, 0.4) is 0 Å². The molecule has 0 aliphatic heterocycles. The molecule has 0 bridgehead atoms. The highest BCUT2D eigenvalue weighted by atomic mass is 16.5. The fourth-order valence-corrected chi connectivity index (χ4v) is 2.23. The van der Waals surface area contributed by atoms with Crippen molar-refractivity contribution in [1.29, 1.82) is 0 Å². The summed E-state index contributed by atoms with van der Waals surface area (Å²) in [6, 6.07) is 0.997. The molecule has 0 saturated carbocycles. The van der Waals surface area contributed by atoms with Crippen molar-refractivity contribution in [2.45, 2.75) is 26.7 Å². The van der Waals surface area contributed by atoms with Gasteiger partial charge >= 0.3 is 17.9 Å². The summed E-state index contributed by atoms with van der Waals surface area (Å²) >= 11 is 0. The molecule has 7 heteroatoms. The molecule has 0 aromatic heterocycles. The second-order valence-corrected chi connectivity index (χ2v) is 4.86. The van der Waals surface area contributed by atoms with E-state index < -0.39 is 17.9 Å². The maximum absolute atomic E-state index is 11.7. The molecular weight excluding hydrogens is 304 g/mol. The molecule has 0 atom stereocenters. The molecule has 0 unspecified atom stereocenters. The fraction of sp³-hybridized carbons (Fsp3) is 0.312. The van der Waals surface area contributed by atoms with Gasteiger partial charge in [-0.15, -0.1) is 0 Å². The molecule has 0 aliphatic rings. The molecule has 3 N–H and O–H groups in total. The smallest absolute Gasteiger partial charge is 0.339 e. The molecule has 0 aliphatic carbocycles. The third-order valence-corrected chi connectivity index (χ3v) is 3.22. The quantitative estimate of drug-likeness (QED) is 0.396. The van der Waals surface area contributed by atoms with Crippen LogP contribution in [-0.4, -0.2) is 39.8 Å². The summed E-state index contributed by atoms with van der Waals surface area (Å²) < 4.78 is 4.99. The Hall–Kier alpha value is -2.67. The van der Waals surface area contributed by atoms with Gasteiger partial charge in [0.05, 0.1) is 5.56 Å². The maximum Gasteiger partial charge on any atom is 0.339 e. The average molecular weight is 322 g/mol. The van der Waals surface area contributed by atoms with Gasteiger partial charge in [0.25, 0.3) is 0 Å². The summed E-state index contributed by atoms with van der Waals surface area (Å²) in [7, 11) is 0. The highest BCUT2D eigenvalue weighted by Crippen LogP contribution is 2.31. The van der Waals surface area contributed by atoms with Crippen LogP contribution in [0.4, 0.5) is 0 Å². The third kappa shape index (κ3) is 3.95. The summed E-state index contributed by atoms with van der Waals surface area (Å²) in [6.45, 7) is 6.11. The van der Waals surface area contributed by atoms with Crippen molar-refractivity contribution < 1.29 is 34.4 Å². The molecule has 0 fully saturated rings. The number of aliphatic hydroxyl groups excluding tert-OH is 1. The van der Waals surface area contributed by atoms with Crippen LogP contribution in [-0.2, 0) is 17.6 Å². The Labute approximate surface area is 132 Å². The lowest BCUT2D eigenvalue weighted by Crippen LogP contribution is -2.17. The first-order chi connectivity index (χ1) is 10.7. The van der Waals surface area contributed by atoms with Gasteiger partial charge in [0.1, 0.15) is 11.3 Å². The van der Waals surface area contributed by atoms with Gasteiger partial charge in [-0.1, -0.05) is 13.5 Å². The number of aromatic carboxylic acids is 2. The van der Waals surface area contributed by atoms with Gasteiger partial charge < -0.3 is 20.1 Å². The van der Waals surface area contributed by atoms with Crippen LogP contribution in [0.15, 0.2) is 18.2 Å². The van der Waals surface area contributed by atoms with Gasteiger partial charge in [-0.25, -0.2) is 14.4 Å². The highest BCUT2D eigenvalue weighted by Gasteiger charge is 2.26. The van der Waals surface area contributed by atoms with E-state index in [0.717, 1.165) is 6.07 Å². The fourth-order valence-electron chi connectivity index (χ4n) is 2.23. The largest absolute Gasteiger partial charge is 0.478 e. The van der Waals surface area contributed by atoms with Crippen LogP contribution >= 0.6 is 0 Å². The number of rotatable bonds is 7. The lowest BCUT2D eigenvalue weighted by molar-refractivity contribution is -0.130. The monoisotopic (exact) mass is 322 g/mol. The van der Waals surface area contributed by atoms with E-state index in [2.05, 4.69) is 6.58 Å². The first kappa shape index (κ1) is 18.4. The number of hydrogen-bond acceptors (Lipinski definition) is 5. The second-order valence-electron chi connectivity index (χ2n) is 4.86. The SMILES string of the molecule is C=C(C)C(=O)Oc1cc(C(=O)O)c(CCO)c(CC)c1C(=O)O. The molecule has 1 aromatic carbocycles. The van der Waals surface area contributed by atoms with Crippen molar-refractivity contribution in [3.63, 3.8) is 0 Å². The Morgan fingerprint density at radius 3 is 2.17 bits per heavy atom. The minimum Gasteiger partial charge on any atom is -0.478 e. The molecule has 1 rings (SSSR count). The van der Waals surface area contributed by atoms with Crippen molar-refractivity contribution in [3.8, 4) is 5.75 Å². The third-order valence-electron chi connectivity index (χ3n) is 3.22. The van der Waals surface area contributed by atoms with E-state index in [1.165, 1.54) is 6.92 Å². The number of esters is 1. The number of hydrogen-bond donors (Lipinski definition) is 3. The van der Waals surface area contributed by atoms with Gasteiger partial charge in [0, 0.05) is 12.2 Å². The zero-order chi connectivity index (χ0) is 17.7. The second kappa shape index (κ2) is 7.55. The zero-order valence-corrected chi connectivity index (χ0v) is 12.9. The molecule has 0 spiro atoms. The first-order valence-electron chi connectivity index (χ1n) is 6.88. The molecule has 7 nitrogen and oxygen atoms in total. The van der Waals surface area contributed by atoms with E-state index in [1.807, 2.05) is 0 Å². The van der Waals surface area contributed by atoms with Crippen LogP contribution in [0.2, 0.25) is 0 Å². The predicted octanol–water partition coefficient (Wildman–Crippen LogP) is 1.66. The van der Waals surface area contributed by atoms with Crippen LogP contribution in [0.1, 0.15) is 45.7 Å². The minimum absolute atomic E-state index is 0.0141. The van der Waals surface area contributed by atoms with E-state index in [1.54, 1.807) is 6.92 Å². The Kier molecular flexibility index (Phi) is 6.03. The van der Waals surface area contributed by atoms with Gasteiger partial charge in [0.15, 0.2) is 0 Å². The van der Waals surface area contributed by atoms with Crippen LogP contribution in [0, 0.1) is 0 Å². The Morgan fingerprint density at radius 1 is 1.17 bits per heavy atom. The van der Waals surface area contributed by atoms with Crippen LogP contribution in [0.25, 0.3) is 0 Å². The van der Waals surface area contributed by atoms with Gasteiger partial charge in [-0.05, 0) is 37.0 Å². The zero-order valence-electron chi connectivity index (χ0n) is 12.9. The van der Waals surface area contributed by atoms with E-state index in [9.17, 15) is 24.6 Å². The van der Waals surface area contributed by atoms with E-state index in [-0.39, 0.29) is 53.0 Å². The normalized spacial score (nSPS) is 10.2. The topological polar surface area (TPSA) is 121 Å². The summed E-state index contributed by atoms with van der Waals surface area (Å²) in [6.07, 6.45) is 0.190.